The normalized spacial score (nSPS) is 10.8. The van der Waals surface area contributed by atoms with Crippen LogP contribution in [0.3, 0.4) is 0 Å². The van der Waals surface area contributed by atoms with E-state index >= 15 is 0 Å². The molecule has 0 saturated heterocycles. The van der Waals surface area contributed by atoms with E-state index in [0.717, 1.165) is 25.1 Å². The average molecular weight is 271 g/mol. The van der Waals surface area contributed by atoms with Gasteiger partial charge in [-0.15, -0.1) is 0 Å². The van der Waals surface area contributed by atoms with Crippen LogP contribution in [0.25, 0.3) is 0 Å². The summed E-state index contributed by atoms with van der Waals surface area (Å²) in [4.78, 5) is 0. The monoisotopic (exact) mass is 271 g/mol. The lowest BCUT2D eigenvalue weighted by Gasteiger charge is -2.12. The summed E-state index contributed by atoms with van der Waals surface area (Å²) < 4.78 is 13.5. The Morgan fingerprint density at radius 2 is 1.65 bits per heavy atom. The van der Waals surface area contributed by atoms with Gasteiger partial charge in [0.05, 0.1) is 0 Å². The number of halogens is 1. The van der Waals surface area contributed by atoms with E-state index in [2.05, 4.69) is 38.2 Å². The van der Waals surface area contributed by atoms with E-state index in [1.807, 2.05) is 12.1 Å². The second kappa shape index (κ2) is 6.67. The molecule has 106 valence electrons. The molecular weight excluding hydrogens is 249 g/mol. The van der Waals surface area contributed by atoms with Crippen LogP contribution in [0.5, 0.6) is 0 Å². The number of rotatable bonds is 5. The van der Waals surface area contributed by atoms with Crippen molar-refractivity contribution in [1.82, 2.24) is 5.32 Å². The Morgan fingerprint density at radius 3 is 2.30 bits per heavy atom. The summed E-state index contributed by atoms with van der Waals surface area (Å²) in [6.45, 7) is 8.04. The highest BCUT2D eigenvalue weighted by atomic mass is 19.1. The number of hydrogen-bond donors (Lipinski definition) is 1. The Balaban J connectivity index is 1.90. The van der Waals surface area contributed by atoms with Crippen LogP contribution in [0.2, 0.25) is 0 Å². The maximum Gasteiger partial charge on any atom is 0.126 e. The van der Waals surface area contributed by atoms with E-state index in [0.29, 0.717) is 0 Å². The molecule has 1 N–H and O–H groups in total. The standard InChI is InChI=1S/C18H22FN/c1-13-10-14(2)17(15(3)11-13)12-20-9-8-16-6-4-5-7-18(16)19/h4-7,10-11,20H,8-9,12H2,1-3H3. The van der Waals surface area contributed by atoms with Gasteiger partial charge in [0.25, 0.3) is 0 Å². The molecule has 0 aliphatic rings. The molecule has 2 heteroatoms. The van der Waals surface area contributed by atoms with E-state index in [1.165, 1.54) is 28.3 Å². The summed E-state index contributed by atoms with van der Waals surface area (Å²) in [5.74, 6) is -0.114. The minimum atomic E-state index is -0.114. The Morgan fingerprint density at radius 1 is 1.00 bits per heavy atom. The summed E-state index contributed by atoms with van der Waals surface area (Å²) in [6, 6.07) is 11.4. The van der Waals surface area contributed by atoms with Gasteiger partial charge in [0.1, 0.15) is 5.82 Å². The van der Waals surface area contributed by atoms with Crippen LogP contribution < -0.4 is 5.32 Å². The van der Waals surface area contributed by atoms with Gasteiger partial charge < -0.3 is 5.32 Å². The summed E-state index contributed by atoms with van der Waals surface area (Å²) in [5.41, 5.74) is 6.07. The molecule has 0 aliphatic heterocycles. The first-order valence-corrected chi connectivity index (χ1v) is 7.09. The molecular formula is C18H22FN. The molecule has 0 amide bonds. The van der Waals surface area contributed by atoms with Crippen LogP contribution in [0.4, 0.5) is 4.39 Å². The van der Waals surface area contributed by atoms with E-state index in [4.69, 9.17) is 0 Å². The highest BCUT2D eigenvalue weighted by molar-refractivity contribution is 5.37. The van der Waals surface area contributed by atoms with Crippen LogP contribution in [0.15, 0.2) is 36.4 Å². The summed E-state index contributed by atoms with van der Waals surface area (Å²) in [6.07, 6.45) is 0.719. The molecule has 1 nitrogen and oxygen atoms in total. The molecule has 2 rings (SSSR count). The van der Waals surface area contributed by atoms with Crippen molar-refractivity contribution in [1.29, 1.82) is 0 Å². The number of hydrogen-bond acceptors (Lipinski definition) is 1. The quantitative estimate of drug-likeness (QED) is 0.808. The highest BCUT2D eigenvalue weighted by Gasteiger charge is 2.04. The lowest BCUT2D eigenvalue weighted by molar-refractivity contribution is 0.597. The molecule has 0 aromatic heterocycles. The van der Waals surface area contributed by atoms with Crippen molar-refractivity contribution in [2.75, 3.05) is 6.54 Å². The molecule has 0 fully saturated rings. The zero-order chi connectivity index (χ0) is 14.5. The minimum absolute atomic E-state index is 0.114. The third-order valence-electron chi connectivity index (χ3n) is 3.67. The van der Waals surface area contributed by atoms with Crippen LogP contribution in [0.1, 0.15) is 27.8 Å². The van der Waals surface area contributed by atoms with Gasteiger partial charge >= 0.3 is 0 Å². The maximum absolute atomic E-state index is 13.5. The van der Waals surface area contributed by atoms with Gasteiger partial charge in [0.2, 0.25) is 0 Å². The third kappa shape index (κ3) is 3.67. The zero-order valence-electron chi connectivity index (χ0n) is 12.5. The van der Waals surface area contributed by atoms with Crippen molar-refractivity contribution in [3.05, 3.63) is 70.0 Å². The lowest BCUT2D eigenvalue weighted by atomic mass is 10.00. The summed E-state index contributed by atoms with van der Waals surface area (Å²) in [5, 5.41) is 3.41. The molecule has 0 unspecified atom stereocenters. The largest absolute Gasteiger partial charge is 0.312 e. The lowest BCUT2D eigenvalue weighted by Crippen LogP contribution is -2.18. The van der Waals surface area contributed by atoms with Gasteiger partial charge in [-0.1, -0.05) is 35.9 Å². The van der Waals surface area contributed by atoms with Crippen molar-refractivity contribution in [2.24, 2.45) is 0 Å². The van der Waals surface area contributed by atoms with Gasteiger partial charge in [0.15, 0.2) is 0 Å². The smallest absolute Gasteiger partial charge is 0.126 e. The molecule has 0 heterocycles. The average Bonchev–Trinajstić information content (AvgIpc) is 2.38. The maximum atomic E-state index is 13.5. The number of nitrogens with one attached hydrogen (secondary N) is 1. The van der Waals surface area contributed by atoms with Crippen molar-refractivity contribution in [3.63, 3.8) is 0 Å². The Bertz CT molecular complexity index is 567. The topological polar surface area (TPSA) is 12.0 Å². The van der Waals surface area contributed by atoms with E-state index in [9.17, 15) is 4.39 Å². The predicted octanol–water partition coefficient (Wildman–Crippen LogP) is 4.08. The fourth-order valence-corrected chi connectivity index (χ4v) is 2.63. The third-order valence-corrected chi connectivity index (χ3v) is 3.67. The second-order valence-electron chi connectivity index (χ2n) is 5.40. The Hall–Kier alpha value is -1.67. The second-order valence-corrected chi connectivity index (χ2v) is 5.40. The summed E-state index contributed by atoms with van der Waals surface area (Å²) in [7, 11) is 0. The highest BCUT2D eigenvalue weighted by Crippen LogP contribution is 2.16. The van der Waals surface area contributed by atoms with E-state index < -0.39 is 0 Å². The Labute approximate surface area is 120 Å². The molecule has 0 bridgehead atoms. The van der Waals surface area contributed by atoms with Gasteiger partial charge in [-0.05, 0) is 62.1 Å². The van der Waals surface area contributed by atoms with Gasteiger partial charge in [-0.2, -0.15) is 0 Å². The van der Waals surface area contributed by atoms with Gasteiger partial charge in [-0.25, -0.2) is 4.39 Å². The molecule has 20 heavy (non-hydrogen) atoms. The Kier molecular flexibility index (Phi) is 4.91. The molecule has 0 radical (unpaired) electrons. The SMILES string of the molecule is Cc1cc(C)c(CNCCc2ccccc2F)c(C)c1. The fourth-order valence-electron chi connectivity index (χ4n) is 2.63. The predicted molar refractivity (Wildman–Crippen MR) is 82.5 cm³/mol. The van der Waals surface area contributed by atoms with Crippen molar-refractivity contribution in [2.45, 2.75) is 33.7 Å². The molecule has 2 aromatic rings. The van der Waals surface area contributed by atoms with E-state index in [1.54, 1.807) is 6.07 Å². The van der Waals surface area contributed by atoms with Gasteiger partial charge in [0, 0.05) is 6.54 Å². The number of aryl methyl sites for hydroxylation is 3. The minimum Gasteiger partial charge on any atom is -0.312 e. The van der Waals surface area contributed by atoms with Crippen molar-refractivity contribution in [3.8, 4) is 0 Å². The molecule has 0 atom stereocenters. The van der Waals surface area contributed by atoms with Crippen molar-refractivity contribution < 1.29 is 4.39 Å². The first-order chi connectivity index (χ1) is 9.58. The van der Waals surface area contributed by atoms with Crippen LogP contribution in [-0.4, -0.2) is 6.54 Å². The first kappa shape index (κ1) is 14.7. The molecule has 0 spiro atoms. The number of benzene rings is 2. The zero-order valence-corrected chi connectivity index (χ0v) is 12.5. The molecule has 2 aromatic carbocycles. The molecule has 0 aliphatic carbocycles. The summed E-state index contributed by atoms with van der Waals surface area (Å²) >= 11 is 0. The molecule has 0 saturated carbocycles. The van der Waals surface area contributed by atoms with Crippen molar-refractivity contribution >= 4 is 0 Å². The van der Waals surface area contributed by atoms with E-state index in [-0.39, 0.29) is 5.82 Å². The van der Waals surface area contributed by atoms with Crippen LogP contribution in [-0.2, 0) is 13.0 Å². The van der Waals surface area contributed by atoms with Crippen LogP contribution >= 0.6 is 0 Å². The van der Waals surface area contributed by atoms with Gasteiger partial charge in [-0.3, -0.25) is 0 Å². The van der Waals surface area contributed by atoms with Crippen LogP contribution in [0, 0.1) is 26.6 Å². The fraction of sp³-hybridized carbons (Fsp3) is 0.333. The first-order valence-electron chi connectivity index (χ1n) is 7.09.